The van der Waals surface area contributed by atoms with Crippen LogP contribution in [-0.2, 0) is 13.6 Å². The Labute approximate surface area is 69.2 Å². The quantitative estimate of drug-likeness (QED) is 0.276. The number of hydrogen-bond donors (Lipinski definition) is 2. The molecule has 0 heterocycles. The van der Waals surface area contributed by atoms with Gasteiger partial charge in [-0.25, -0.2) is 0 Å². The van der Waals surface area contributed by atoms with Crippen LogP contribution < -0.4 is 0 Å². The summed E-state index contributed by atoms with van der Waals surface area (Å²) < 4.78 is 19.6. The van der Waals surface area contributed by atoms with Gasteiger partial charge in [0.05, 0.1) is 25.6 Å². The van der Waals surface area contributed by atoms with Crippen LogP contribution in [0.1, 0.15) is 0 Å². The van der Waals surface area contributed by atoms with Gasteiger partial charge in [-0.3, -0.25) is 4.57 Å². The predicted octanol–water partition coefficient (Wildman–Crippen LogP) is 0.329. The summed E-state index contributed by atoms with van der Waals surface area (Å²) in [6.45, 7) is -0.185. The minimum atomic E-state index is -2.59. The first kappa shape index (κ1) is 11.1. The van der Waals surface area contributed by atoms with Crippen LogP contribution in [0.25, 0.3) is 0 Å². The van der Waals surface area contributed by atoms with Crippen LogP contribution in [0.3, 0.4) is 0 Å². The lowest BCUT2D eigenvalue weighted by molar-refractivity contribution is 0.266. The molecule has 0 aliphatic rings. The van der Waals surface area contributed by atoms with Crippen molar-refractivity contribution in [2.75, 3.05) is 13.2 Å². The van der Waals surface area contributed by atoms with E-state index >= 15 is 0 Å². The van der Waals surface area contributed by atoms with Crippen LogP contribution in [0, 0.1) is 0 Å². The van der Waals surface area contributed by atoms with Gasteiger partial charge in [0.15, 0.2) is 0 Å². The molecular weight excluding hydrogens is 187 g/mol. The molecule has 0 saturated carbocycles. The van der Waals surface area contributed by atoms with E-state index in [-0.39, 0.29) is 13.2 Å². The van der Waals surface area contributed by atoms with Crippen LogP contribution in [0.4, 0.5) is 0 Å². The molecule has 0 saturated heterocycles. The van der Waals surface area contributed by atoms with Crippen molar-refractivity contribution >= 4 is 20.7 Å². The molecule has 0 aliphatic heterocycles. The van der Waals surface area contributed by atoms with Crippen LogP contribution in [0.15, 0.2) is 10.3 Å². The molecule has 0 rings (SSSR count). The lowest BCUT2D eigenvalue weighted by Gasteiger charge is -1.98. The highest BCUT2D eigenvalue weighted by Gasteiger charge is 1.95. The fourth-order valence-electron chi connectivity index (χ4n) is 0.319. The van der Waals surface area contributed by atoms with E-state index in [1.807, 2.05) is 0 Å². The maximum absolute atomic E-state index is 10.6. The first-order valence-electron chi connectivity index (χ1n) is 2.92. The highest BCUT2D eigenvalue weighted by molar-refractivity contribution is 7.33. The summed E-state index contributed by atoms with van der Waals surface area (Å²) in [7, 11) is -2.59. The smallest absolute Gasteiger partial charge is 0.319 e. The summed E-state index contributed by atoms with van der Waals surface area (Å²) in [4.78, 5) is 0. The van der Waals surface area contributed by atoms with Gasteiger partial charge in [0.2, 0.25) is 0 Å². The minimum absolute atomic E-state index is 0.0927. The Morgan fingerprint density at radius 1 is 1.17 bits per heavy atom. The standard InChI is InChI=1S/C4H9N2O5P/c7-5-1-3-10-12(9)11-4-2-6-8/h1-2,7-8,12H,3-4H2. The molecule has 70 valence electrons. The van der Waals surface area contributed by atoms with E-state index in [9.17, 15) is 4.57 Å². The zero-order valence-electron chi connectivity index (χ0n) is 6.08. The van der Waals surface area contributed by atoms with Crippen molar-refractivity contribution in [3.05, 3.63) is 0 Å². The van der Waals surface area contributed by atoms with Crippen LogP contribution in [-0.4, -0.2) is 36.1 Å². The van der Waals surface area contributed by atoms with Crippen LogP contribution in [0.5, 0.6) is 0 Å². The van der Waals surface area contributed by atoms with Gasteiger partial charge in [0.1, 0.15) is 0 Å². The fraction of sp³-hybridized carbons (Fsp3) is 0.500. The fourth-order valence-corrected chi connectivity index (χ4v) is 0.824. The predicted molar refractivity (Wildman–Crippen MR) is 41.5 cm³/mol. The Bertz CT molecular complexity index is 164. The van der Waals surface area contributed by atoms with Crippen LogP contribution >= 0.6 is 8.25 Å². The molecule has 0 aromatic heterocycles. The van der Waals surface area contributed by atoms with E-state index in [0.717, 1.165) is 12.4 Å². The van der Waals surface area contributed by atoms with Gasteiger partial charge in [0.25, 0.3) is 0 Å². The summed E-state index contributed by atoms with van der Waals surface area (Å²) in [5.74, 6) is 0. The maximum Gasteiger partial charge on any atom is 0.319 e. The second-order valence-corrected chi connectivity index (χ2v) is 2.55. The first-order valence-corrected chi connectivity index (χ1v) is 4.15. The van der Waals surface area contributed by atoms with Crippen molar-refractivity contribution < 1.29 is 24.0 Å². The monoisotopic (exact) mass is 196 g/mol. The molecule has 0 aromatic carbocycles. The summed E-state index contributed by atoms with van der Waals surface area (Å²) in [5, 5.41) is 21.0. The van der Waals surface area contributed by atoms with E-state index in [1.165, 1.54) is 0 Å². The number of hydrogen-bond acceptors (Lipinski definition) is 7. The average molecular weight is 196 g/mol. The van der Waals surface area contributed by atoms with Gasteiger partial charge >= 0.3 is 8.25 Å². The Morgan fingerprint density at radius 3 is 1.92 bits per heavy atom. The Morgan fingerprint density at radius 2 is 1.58 bits per heavy atom. The van der Waals surface area contributed by atoms with Gasteiger partial charge in [0, 0.05) is 0 Å². The second-order valence-electron chi connectivity index (χ2n) is 1.47. The summed E-state index contributed by atoms with van der Waals surface area (Å²) in [6.07, 6.45) is 2.04. The molecule has 0 aromatic rings. The Kier molecular flexibility index (Phi) is 7.57. The SMILES string of the molecule is O=[PH](OCC=NO)OCC=NO. The van der Waals surface area contributed by atoms with Crippen molar-refractivity contribution in [1.29, 1.82) is 0 Å². The number of oxime groups is 2. The van der Waals surface area contributed by atoms with E-state index < -0.39 is 8.25 Å². The van der Waals surface area contributed by atoms with Crippen molar-refractivity contribution in [1.82, 2.24) is 0 Å². The highest BCUT2D eigenvalue weighted by Crippen LogP contribution is 2.21. The first-order chi connectivity index (χ1) is 5.81. The largest absolute Gasteiger partial charge is 0.411 e. The summed E-state index contributed by atoms with van der Waals surface area (Å²) in [6, 6.07) is 0. The molecule has 0 bridgehead atoms. The van der Waals surface area contributed by atoms with Crippen molar-refractivity contribution in [2.24, 2.45) is 10.3 Å². The molecule has 8 heteroatoms. The number of rotatable bonds is 6. The Hall–Kier alpha value is -0.910. The van der Waals surface area contributed by atoms with Crippen molar-refractivity contribution in [3.8, 4) is 0 Å². The molecule has 0 radical (unpaired) electrons. The molecule has 2 N–H and O–H groups in total. The van der Waals surface area contributed by atoms with E-state index in [0.29, 0.717) is 0 Å². The van der Waals surface area contributed by atoms with E-state index in [4.69, 9.17) is 10.4 Å². The molecule has 0 amide bonds. The lowest BCUT2D eigenvalue weighted by atomic mass is 10.8. The normalized spacial score (nSPS) is 14.3. The third kappa shape index (κ3) is 7.20. The lowest BCUT2D eigenvalue weighted by Crippen LogP contribution is -1.92. The zero-order chi connectivity index (χ0) is 9.23. The van der Waals surface area contributed by atoms with Crippen molar-refractivity contribution in [3.63, 3.8) is 0 Å². The van der Waals surface area contributed by atoms with Gasteiger partial charge in [-0.15, -0.1) is 0 Å². The molecule has 0 atom stereocenters. The molecule has 0 aliphatic carbocycles. The zero-order valence-corrected chi connectivity index (χ0v) is 7.08. The third-order valence-electron chi connectivity index (χ3n) is 0.715. The molecular formula is C4H9N2O5P. The van der Waals surface area contributed by atoms with Gasteiger partial charge in [-0.2, -0.15) is 0 Å². The van der Waals surface area contributed by atoms with E-state index in [2.05, 4.69) is 19.4 Å². The summed E-state index contributed by atoms with van der Waals surface area (Å²) >= 11 is 0. The van der Waals surface area contributed by atoms with E-state index in [1.54, 1.807) is 0 Å². The third-order valence-corrected chi connectivity index (χ3v) is 1.52. The second kappa shape index (κ2) is 8.19. The molecule has 7 nitrogen and oxygen atoms in total. The minimum Gasteiger partial charge on any atom is -0.411 e. The highest BCUT2D eigenvalue weighted by atomic mass is 31.1. The van der Waals surface area contributed by atoms with Crippen LogP contribution in [0.2, 0.25) is 0 Å². The topological polar surface area (TPSA) is 101 Å². The Balaban J connectivity index is 3.33. The number of nitrogens with zero attached hydrogens (tertiary/aromatic N) is 2. The van der Waals surface area contributed by atoms with Gasteiger partial charge in [-0.1, -0.05) is 10.3 Å². The van der Waals surface area contributed by atoms with Gasteiger partial charge < -0.3 is 19.5 Å². The summed E-state index contributed by atoms with van der Waals surface area (Å²) in [5.41, 5.74) is 0. The molecule has 12 heavy (non-hydrogen) atoms. The van der Waals surface area contributed by atoms with Gasteiger partial charge in [-0.05, 0) is 0 Å². The average Bonchev–Trinajstić information content (AvgIpc) is 2.06. The molecule has 0 spiro atoms. The molecule has 0 unspecified atom stereocenters. The van der Waals surface area contributed by atoms with Crippen molar-refractivity contribution in [2.45, 2.75) is 0 Å². The maximum atomic E-state index is 10.6. The molecule has 0 fully saturated rings.